The number of carbonyl (C=O) groups excluding carboxylic acids is 2. The molecule has 0 N–H and O–H groups in total. The molecule has 0 saturated heterocycles. The summed E-state index contributed by atoms with van der Waals surface area (Å²) in [7, 11) is 0. The van der Waals surface area contributed by atoms with Crippen LogP contribution < -0.4 is 9.47 Å². The van der Waals surface area contributed by atoms with Gasteiger partial charge in [-0.25, -0.2) is 0 Å². The van der Waals surface area contributed by atoms with Gasteiger partial charge < -0.3 is 14.3 Å². The van der Waals surface area contributed by atoms with Gasteiger partial charge in [-0.3, -0.25) is 4.79 Å². The molecule has 4 heteroatoms. The van der Waals surface area contributed by atoms with Gasteiger partial charge in [-0.15, -0.1) is 0 Å². The maximum absolute atomic E-state index is 12.8. The molecule has 0 amide bonds. The summed E-state index contributed by atoms with van der Waals surface area (Å²) in [6, 6.07) is 25.4. The quantitative estimate of drug-likeness (QED) is 0.176. The van der Waals surface area contributed by atoms with Crippen LogP contribution in [-0.2, 0) is 18.0 Å². The van der Waals surface area contributed by atoms with Crippen LogP contribution in [-0.4, -0.2) is 11.6 Å². The van der Waals surface area contributed by atoms with E-state index < -0.39 is 0 Å². The van der Waals surface area contributed by atoms with Crippen LogP contribution in [0, 0.1) is 0 Å². The Labute approximate surface area is 202 Å². The van der Waals surface area contributed by atoms with Gasteiger partial charge >= 0.3 is 0 Å². The van der Waals surface area contributed by atoms with Gasteiger partial charge in [0.25, 0.3) is 0 Å². The lowest BCUT2D eigenvalue weighted by Crippen LogP contribution is -2.04. The van der Waals surface area contributed by atoms with Crippen molar-refractivity contribution < 1.29 is 19.1 Å². The van der Waals surface area contributed by atoms with Gasteiger partial charge in [-0.1, -0.05) is 79.9 Å². The fraction of sp³-hybridized carbons (Fsp3) is 0.333. The summed E-state index contributed by atoms with van der Waals surface area (Å²) in [6.45, 7) is 2.47. The number of ether oxygens (including phenoxy) is 2. The third kappa shape index (κ3) is 8.86. The van der Waals surface area contributed by atoms with Crippen molar-refractivity contribution in [3.8, 4) is 11.5 Å². The minimum atomic E-state index is 0.114. The van der Waals surface area contributed by atoms with Crippen molar-refractivity contribution in [3.63, 3.8) is 0 Å². The van der Waals surface area contributed by atoms with E-state index in [0.29, 0.717) is 43.1 Å². The zero-order valence-electron chi connectivity index (χ0n) is 20.0. The highest BCUT2D eigenvalue weighted by molar-refractivity contribution is 5.96. The van der Waals surface area contributed by atoms with Crippen LogP contribution in [0.15, 0.2) is 78.9 Å². The first-order chi connectivity index (χ1) is 16.6. The topological polar surface area (TPSA) is 52.6 Å². The Balaban J connectivity index is 1.59. The zero-order valence-corrected chi connectivity index (χ0v) is 20.0. The molecule has 0 spiro atoms. The lowest BCUT2D eigenvalue weighted by Gasteiger charge is -2.14. The third-order valence-electron chi connectivity index (χ3n) is 5.67. The molecule has 0 aliphatic carbocycles. The summed E-state index contributed by atoms with van der Waals surface area (Å²) < 4.78 is 12.1. The lowest BCUT2D eigenvalue weighted by molar-refractivity contribution is -0.117. The molecule has 0 radical (unpaired) electrons. The fourth-order valence-corrected chi connectivity index (χ4v) is 3.72. The van der Waals surface area contributed by atoms with Gasteiger partial charge in [0.1, 0.15) is 19.0 Å². The van der Waals surface area contributed by atoms with Crippen molar-refractivity contribution in [2.45, 2.75) is 65.1 Å². The van der Waals surface area contributed by atoms with E-state index >= 15 is 0 Å². The van der Waals surface area contributed by atoms with Crippen LogP contribution in [0.2, 0.25) is 0 Å². The second kappa shape index (κ2) is 14.0. The first-order valence-corrected chi connectivity index (χ1v) is 12.1. The normalized spacial score (nSPS) is 10.6. The fourth-order valence-electron chi connectivity index (χ4n) is 3.72. The van der Waals surface area contributed by atoms with E-state index in [-0.39, 0.29) is 11.6 Å². The molecule has 0 saturated carbocycles. The molecule has 0 heterocycles. The van der Waals surface area contributed by atoms with Crippen LogP contribution in [0.5, 0.6) is 11.5 Å². The van der Waals surface area contributed by atoms with E-state index in [9.17, 15) is 9.59 Å². The molecular formula is C30H34O4. The first-order valence-electron chi connectivity index (χ1n) is 12.1. The van der Waals surface area contributed by atoms with Gasteiger partial charge in [-0.05, 0) is 49.1 Å². The summed E-state index contributed by atoms with van der Waals surface area (Å²) in [4.78, 5) is 23.8. The largest absolute Gasteiger partial charge is 0.485 e. The van der Waals surface area contributed by atoms with E-state index in [2.05, 4.69) is 0 Å². The van der Waals surface area contributed by atoms with Crippen LogP contribution in [0.4, 0.5) is 0 Å². The second-order valence-electron chi connectivity index (χ2n) is 8.60. The molecule has 0 aliphatic rings. The average molecular weight is 459 g/mol. The molecule has 3 aromatic rings. The van der Waals surface area contributed by atoms with Crippen LogP contribution in [0.1, 0.15) is 73.4 Å². The number of carbonyl (C=O) groups is 2. The minimum absolute atomic E-state index is 0.114. The Bertz CT molecular complexity index is 1030. The Kier molecular flexibility index (Phi) is 10.4. The van der Waals surface area contributed by atoms with Gasteiger partial charge in [0, 0.05) is 18.4 Å². The lowest BCUT2D eigenvalue weighted by atomic mass is 10.0. The molecule has 0 aliphatic heterocycles. The Hall–Kier alpha value is -3.40. The molecule has 0 unspecified atom stereocenters. The van der Waals surface area contributed by atoms with Gasteiger partial charge in [-0.2, -0.15) is 0 Å². The highest BCUT2D eigenvalue weighted by atomic mass is 16.5. The maximum atomic E-state index is 12.8. The number of ketones is 2. The van der Waals surface area contributed by atoms with E-state index in [4.69, 9.17) is 9.47 Å². The van der Waals surface area contributed by atoms with Crippen molar-refractivity contribution >= 4 is 11.6 Å². The SMILES string of the molecule is CC(=O)CCCCCCCC(=O)c1ccc(OCc2ccccc2)c(OCc2ccccc2)c1. The predicted molar refractivity (Wildman–Crippen MR) is 135 cm³/mol. The summed E-state index contributed by atoms with van der Waals surface area (Å²) in [6.07, 6.45) is 6.05. The first kappa shape index (κ1) is 25.2. The van der Waals surface area contributed by atoms with Crippen molar-refractivity contribution in [1.29, 1.82) is 0 Å². The van der Waals surface area contributed by atoms with Crippen LogP contribution in [0.3, 0.4) is 0 Å². The van der Waals surface area contributed by atoms with Crippen molar-refractivity contribution in [3.05, 3.63) is 95.6 Å². The molecule has 0 atom stereocenters. The monoisotopic (exact) mass is 458 g/mol. The maximum Gasteiger partial charge on any atom is 0.163 e. The molecule has 0 aromatic heterocycles. The molecule has 3 aromatic carbocycles. The van der Waals surface area contributed by atoms with Crippen LogP contribution in [0.25, 0.3) is 0 Å². The Morgan fingerprint density at radius 2 is 1.15 bits per heavy atom. The van der Waals surface area contributed by atoms with E-state index in [1.165, 1.54) is 0 Å². The van der Waals surface area contributed by atoms with E-state index in [1.807, 2.05) is 72.8 Å². The molecule has 3 rings (SSSR count). The number of benzene rings is 3. The Morgan fingerprint density at radius 1 is 0.618 bits per heavy atom. The number of Topliss-reactive ketones (excluding diaryl/α,β-unsaturated/α-hetero) is 2. The van der Waals surface area contributed by atoms with E-state index in [1.54, 1.807) is 13.0 Å². The van der Waals surface area contributed by atoms with Crippen molar-refractivity contribution in [1.82, 2.24) is 0 Å². The minimum Gasteiger partial charge on any atom is -0.485 e. The van der Waals surface area contributed by atoms with Gasteiger partial charge in [0.05, 0.1) is 0 Å². The summed E-state index contributed by atoms with van der Waals surface area (Å²) in [5, 5.41) is 0. The molecular weight excluding hydrogens is 424 g/mol. The Morgan fingerprint density at radius 3 is 1.74 bits per heavy atom. The van der Waals surface area contributed by atoms with Gasteiger partial charge in [0.15, 0.2) is 17.3 Å². The highest BCUT2D eigenvalue weighted by Gasteiger charge is 2.13. The van der Waals surface area contributed by atoms with Crippen LogP contribution >= 0.6 is 0 Å². The average Bonchev–Trinajstić information content (AvgIpc) is 2.86. The van der Waals surface area contributed by atoms with Gasteiger partial charge in [0.2, 0.25) is 0 Å². The molecule has 4 nitrogen and oxygen atoms in total. The summed E-state index contributed by atoms with van der Waals surface area (Å²) >= 11 is 0. The molecule has 0 bridgehead atoms. The van der Waals surface area contributed by atoms with Crippen molar-refractivity contribution in [2.24, 2.45) is 0 Å². The number of hydrogen-bond donors (Lipinski definition) is 0. The summed E-state index contributed by atoms with van der Waals surface area (Å²) in [5.74, 6) is 1.57. The second-order valence-corrected chi connectivity index (χ2v) is 8.60. The number of hydrogen-bond acceptors (Lipinski definition) is 4. The third-order valence-corrected chi connectivity index (χ3v) is 5.67. The molecule has 0 fully saturated rings. The highest BCUT2D eigenvalue weighted by Crippen LogP contribution is 2.31. The van der Waals surface area contributed by atoms with Crippen molar-refractivity contribution in [2.75, 3.05) is 0 Å². The number of unbranched alkanes of at least 4 members (excludes halogenated alkanes) is 4. The van der Waals surface area contributed by atoms with E-state index in [0.717, 1.165) is 43.2 Å². The zero-order chi connectivity index (χ0) is 24.0. The predicted octanol–water partition coefficient (Wildman–Crippen LogP) is 7.35. The molecule has 34 heavy (non-hydrogen) atoms. The number of rotatable bonds is 15. The standard InChI is InChI=1S/C30H34O4/c1-24(31)13-7-3-2-4-12-18-28(32)27-19-20-29(33-22-25-14-8-5-9-15-25)30(21-27)34-23-26-16-10-6-11-17-26/h5-6,8-11,14-17,19-21H,2-4,7,12-13,18,22-23H2,1H3. The smallest absolute Gasteiger partial charge is 0.163 e. The molecule has 178 valence electrons. The summed E-state index contributed by atoms with van der Waals surface area (Å²) in [5.41, 5.74) is 2.77.